The van der Waals surface area contributed by atoms with Gasteiger partial charge in [-0.3, -0.25) is 9.59 Å². The molecule has 3 aromatic carbocycles. The summed E-state index contributed by atoms with van der Waals surface area (Å²) in [5.41, 5.74) is 5.90. The maximum Gasteiger partial charge on any atom is 0.265 e. The summed E-state index contributed by atoms with van der Waals surface area (Å²) in [4.78, 5) is 25.9. The van der Waals surface area contributed by atoms with Gasteiger partial charge in [0.25, 0.3) is 11.5 Å². The van der Waals surface area contributed by atoms with Crippen LogP contribution in [0.4, 0.5) is 0 Å². The van der Waals surface area contributed by atoms with Crippen LogP contribution in [0, 0.1) is 6.92 Å². The van der Waals surface area contributed by atoms with Crippen LogP contribution >= 0.6 is 11.8 Å². The minimum Gasteiger partial charge on any atom is -0.494 e. The monoisotopic (exact) mass is 553 g/mol. The molecule has 0 unspecified atom stereocenters. The Kier molecular flexibility index (Phi) is 7.74. The summed E-state index contributed by atoms with van der Waals surface area (Å²) in [6.07, 6.45) is 1.34. The van der Waals surface area contributed by atoms with Gasteiger partial charge in [-0.25, -0.2) is 9.99 Å². The van der Waals surface area contributed by atoms with Gasteiger partial charge in [0.1, 0.15) is 0 Å². The molecule has 0 radical (unpaired) electrons. The van der Waals surface area contributed by atoms with Gasteiger partial charge in [-0.2, -0.15) is 9.78 Å². The molecule has 0 aliphatic carbocycles. The first-order valence-corrected chi connectivity index (χ1v) is 13.6. The van der Waals surface area contributed by atoms with Crippen LogP contribution in [0.15, 0.2) is 87.8 Å². The number of aryl methyl sites for hydroxylation is 1. The van der Waals surface area contributed by atoms with Crippen LogP contribution in [-0.2, 0) is 4.79 Å². The van der Waals surface area contributed by atoms with Gasteiger partial charge in [-0.1, -0.05) is 74.1 Å². The molecule has 0 fully saturated rings. The minimum atomic E-state index is -0.387. The van der Waals surface area contributed by atoms with Crippen LogP contribution < -0.4 is 11.0 Å². The largest absolute Gasteiger partial charge is 0.494 e. The second-order valence-electron chi connectivity index (χ2n) is 9.41. The molecule has 5 rings (SSSR count). The van der Waals surface area contributed by atoms with Crippen LogP contribution in [0.5, 0.6) is 5.88 Å². The van der Waals surface area contributed by atoms with Gasteiger partial charge < -0.3 is 5.11 Å². The maximum absolute atomic E-state index is 13.3. The van der Waals surface area contributed by atoms with Crippen molar-refractivity contribution in [3.05, 3.63) is 99.8 Å². The van der Waals surface area contributed by atoms with Gasteiger partial charge in [0.05, 0.1) is 28.9 Å². The molecule has 2 heterocycles. The van der Waals surface area contributed by atoms with Gasteiger partial charge in [0, 0.05) is 10.8 Å². The van der Waals surface area contributed by atoms with E-state index in [0.29, 0.717) is 33.1 Å². The Balaban J connectivity index is 1.37. The van der Waals surface area contributed by atoms with Crippen molar-refractivity contribution >= 4 is 34.7 Å². The average Bonchev–Trinajstić information content (AvgIpc) is 3.43. The Morgan fingerprint density at radius 3 is 2.48 bits per heavy atom. The van der Waals surface area contributed by atoms with Crippen molar-refractivity contribution < 1.29 is 9.90 Å². The highest BCUT2D eigenvalue weighted by molar-refractivity contribution is 7.99. The molecule has 0 saturated carbocycles. The Bertz CT molecular complexity index is 1780. The number of para-hydroxylation sites is 1. The smallest absolute Gasteiger partial charge is 0.265 e. The highest BCUT2D eigenvalue weighted by Gasteiger charge is 2.17. The predicted octanol–water partition coefficient (Wildman–Crippen LogP) is 4.35. The molecular formula is C29H27N7O3S. The third-order valence-corrected chi connectivity index (χ3v) is 7.34. The Morgan fingerprint density at radius 2 is 1.75 bits per heavy atom. The van der Waals surface area contributed by atoms with Gasteiger partial charge in [0.2, 0.25) is 11.0 Å². The SMILES string of the molecule is Cc1ccccc1-n1nnnc1SCC(=O)N/N=C/c1c(O)n(-c2ccc(C(C)C)cc2)c(=O)c2ccccc12. The van der Waals surface area contributed by atoms with Crippen molar-refractivity contribution in [1.29, 1.82) is 0 Å². The number of aromatic hydroxyl groups is 1. The summed E-state index contributed by atoms with van der Waals surface area (Å²) in [5, 5.41) is 28.5. The van der Waals surface area contributed by atoms with Crippen LogP contribution in [0.2, 0.25) is 0 Å². The third-order valence-electron chi connectivity index (χ3n) is 6.42. The van der Waals surface area contributed by atoms with Crippen LogP contribution in [0.3, 0.4) is 0 Å². The molecule has 0 bridgehead atoms. The van der Waals surface area contributed by atoms with E-state index < -0.39 is 0 Å². The van der Waals surface area contributed by atoms with Crippen molar-refractivity contribution in [2.75, 3.05) is 5.75 Å². The van der Waals surface area contributed by atoms with Gasteiger partial charge in [-0.05, 0) is 58.7 Å². The quantitative estimate of drug-likeness (QED) is 0.166. The molecule has 0 spiro atoms. The molecule has 0 atom stereocenters. The topological polar surface area (TPSA) is 127 Å². The lowest BCUT2D eigenvalue weighted by Gasteiger charge is -2.14. The zero-order valence-electron chi connectivity index (χ0n) is 22.1. The minimum absolute atomic E-state index is 0.0119. The molecule has 5 aromatic rings. The number of rotatable bonds is 8. The molecule has 10 nitrogen and oxygen atoms in total. The fourth-order valence-corrected chi connectivity index (χ4v) is 4.97. The standard InChI is InChI=1S/C29H27N7O3S/c1-18(2)20-12-14-21(15-13-20)35-27(38)23-10-6-5-9-22(23)24(28(35)39)16-30-31-26(37)17-40-29-32-33-34-36(29)25-11-7-4-8-19(25)3/h4-16,18,39H,17H2,1-3H3,(H,31,37)/b30-16+. The normalized spacial score (nSPS) is 11.5. The highest BCUT2D eigenvalue weighted by Crippen LogP contribution is 2.27. The maximum atomic E-state index is 13.3. The second-order valence-corrected chi connectivity index (χ2v) is 10.4. The molecule has 0 aliphatic rings. The number of pyridine rings is 1. The number of amides is 1. The van der Waals surface area contributed by atoms with E-state index in [0.717, 1.165) is 16.8 Å². The summed E-state index contributed by atoms with van der Waals surface area (Å²) in [7, 11) is 0. The Hall–Kier alpha value is -4.77. The highest BCUT2D eigenvalue weighted by atomic mass is 32.2. The number of nitrogens with zero attached hydrogens (tertiary/aromatic N) is 6. The summed E-state index contributed by atoms with van der Waals surface area (Å²) in [6, 6.07) is 22.1. The van der Waals surface area contributed by atoms with E-state index >= 15 is 0 Å². The van der Waals surface area contributed by atoms with Gasteiger partial charge in [-0.15, -0.1) is 5.10 Å². The average molecular weight is 554 g/mol. The zero-order valence-corrected chi connectivity index (χ0v) is 23.0. The van der Waals surface area contributed by atoms with Crippen molar-refractivity contribution in [2.24, 2.45) is 5.10 Å². The number of aromatic nitrogens is 5. The number of nitrogens with one attached hydrogen (secondary N) is 1. The lowest BCUT2D eigenvalue weighted by Crippen LogP contribution is -2.22. The van der Waals surface area contributed by atoms with Crippen molar-refractivity contribution in [1.82, 2.24) is 30.2 Å². The first-order valence-electron chi connectivity index (χ1n) is 12.6. The summed E-state index contributed by atoms with van der Waals surface area (Å²) >= 11 is 1.17. The summed E-state index contributed by atoms with van der Waals surface area (Å²) in [6.45, 7) is 6.13. The molecule has 40 heavy (non-hydrogen) atoms. The number of fused-ring (bicyclic) bond motifs is 1. The molecule has 0 saturated heterocycles. The van der Waals surface area contributed by atoms with Crippen molar-refractivity contribution in [3.63, 3.8) is 0 Å². The van der Waals surface area contributed by atoms with E-state index in [2.05, 4.69) is 39.9 Å². The van der Waals surface area contributed by atoms with Crippen LogP contribution in [0.25, 0.3) is 22.1 Å². The predicted molar refractivity (Wildman–Crippen MR) is 156 cm³/mol. The summed E-state index contributed by atoms with van der Waals surface area (Å²) in [5.74, 6) is -0.318. The zero-order chi connectivity index (χ0) is 28.2. The Labute approximate surface area is 234 Å². The second kappa shape index (κ2) is 11.5. The van der Waals surface area contributed by atoms with Gasteiger partial charge >= 0.3 is 0 Å². The number of hydrazone groups is 1. The number of carbonyl (C=O) groups excluding carboxylic acids is 1. The molecule has 0 aliphatic heterocycles. The van der Waals surface area contributed by atoms with Crippen molar-refractivity contribution in [3.8, 4) is 17.3 Å². The lowest BCUT2D eigenvalue weighted by atomic mass is 10.0. The Morgan fingerprint density at radius 1 is 1.05 bits per heavy atom. The van der Waals surface area contributed by atoms with E-state index in [-0.39, 0.29) is 23.1 Å². The lowest BCUT2D eigenvalue weighted by molar-refractivity contribution is -0.118. The number of hydrogen-bond donors (Lipinski definition) is 2. The van der Waals surface area contributed by atoms with E-state index in [1.54, 1.807) is 41.1 Å². The van der Waals surface area contributed by atoms with Crippen molar-refractivity contribution in [2.45, 2.75) is 31.8 Å². The summed E-state index contributed by atoms with van der Waals surface area (Å²) < 4.78 is 2.83. The number of tetrazole rings is 1. The van der Waals surface area contributed by atoms with E-state index in [1.807, 2.05) is 43.3 Å². The molecule has 1 amide bonds. The van der Waals surface area contributed by atoms with Gasteiger partial charge in [0.15, 0.2) is 0 Å². The molecular weight excluding hydrogens is 526 g/mol. The van der Waals surface area contributed by atoms with E-state index in [1.165, 1.54) is 22.5 Å². The van der Waals surface area contributed by atoms with Crippen LogP contribution in [0.1, 0.15) is 36.5 Å². The molecule has 2 aromatic heterocycles. The first-order chi connectivity index (χ1) is 19.3. The molecule has 202 valence electrons. The third kappa shape index (κ3) is 5.36. The number of thioether (sulfide) groups is 1. The van der Waals surface area contributed by atoms with E-state index in [9.17, 15) is 14.7 Å². The fraction of sp³-hybridized carbons (Fsp3) is 0.172. The van der Waals surface area contributed by atoms with Crippen LogP contribution in [-0.4, -0.2) is 47.8 Å². The number of benzene rings is 3. The van der Waals surface area contributed by atoms with E-state index in [4.69, 9.17) is 0 Å². The molecule has 2 N–H and O–H groups in total. The number of hydrogen-bond acceptors (Lipinski definition) is 8. The fourth-order valence-electron chi connectivity index (χ4n) is 4.29. The number of carbonyl (C=O) groups is 1. The molecule has 11 heteroatoms. The first kappa shape index (κ1) is 26.8.